The van der Waals surface area contributed by atoms with Crippen molar-refractivity contribution >= 4 is 6.29 Å². The molecule has 0 bridgehead atoms. The average molecular weight is 359 g/mol. The van der Waals surface area contributed by atoms with Crippen LogP contribution < -0.4 is 0 Å². The number of carbonyl (C=O) groups excluding carboxylic acids is 1. The van der Waals surface area contributed by atoms with Crippen LogP contribution in [0.4, 0.5) is 0 Å². The summed E-state index contributed by atoms with van der Waals surface area (Å²) in [5.41, 5.74) is 0.250. The molecule has 1 radical (unpaired) electrons. The molecule has 0 aromatic heterocycles. The predicted octanol–water partition coefficient (Wildman–Crippen LogP) is 6.40. The van der Waals surface area contributed by atoms with Crippen molar-refractivity contribution in [1.29, 1.82) is 0 Å². The highest BCUT2D eigenvalue weighted by molar-refractivity contribution is 5.50. The first-order chi connectivity index (χ1) is 12.7. The molecule has 0 spiro atoms. The second-order valence-electron chi connectivity index (χ2n) is 5.90. The van der Waals surface area contributed by atoms with Gasteiger partial charge in [0.15, 0.2) is 6.29 Å². The van der Waals surface area contributed by atoms with Crippen LogP contribution in [0, 0.1) is 10.1 Å². The second-order valence-corrected chi connectivity index (χ2v) is 5.90. The highest BCUT2D eigenvalue weighted by atomic mass is 16.6. The molecule has 0 aromatic carbocycles. The van der Waals surface area contributed by atoms with E-state index in [-0.39, 0.29) is 10.6 Å². The maximum absolute atomic E-state index is 11.0. The molecule has 0 saturated heterocycles. The van der Waals surface area contributed by atoms with Crippen molar-refractivity contribution in [3.63, 3.8) is 0 Å². The van der Waals surface area contributed by atoms with Crippen LogP contribution in [0.2, 0.25) is 0 Å². The maximum atomic E-state index is 11.0. The molecule has 0 rings (SSSR count). The van der Waals surface area contributed by atoms with Gasteiger partial charge in [0, 0.05) is 6.42 Å². The third-order valence-corrected chi connectivity index (χ3v) is 3.65. The van der Waals surface area contributed by atoms with Crippen molar-refractivity contribution in [2.75, 3.05) is 0 Å². The van der Waals surface area contributed by atoms with Gasteiger partial charge in [0.2, 0.25) is 5.70 Å². The smallest absolute Gasteiger partial charge is 0.246 e. The average Bonchev–Trinajstić information content (AvgIpc) is 2.63. The number of nitrogens with zero attached hydrogens (tertiary/aromatic N) is 1. The summed E-state index contributed by atoms with van der Waals surface area (Å²) in [7, 11) is 0. The first-order valence-electron chi connectivity index (χ1n) is 9.50. The Labute approximate surface area is 158 Å². The lowest BCUT2D eigenvalue weighted by atomic mass is 10.1. The van der Waals surface area contributed by atoms with Crippen molar-refractivity contribution < 1.29 is 9.72 Å². The van der Waals surface area contributed by atoms with Gasteiger partial charge in [0.25, 0.3) is 0 Å². The van der Waals surface area contributed by atoms with Crippen LogP contribution in [0.15, 0.2) is 60.4 Å². The molecule has 143 valence electrons. The quantitative estimate of drug-likeness (QED) is 0.139. The van der Waals surface area contributed by atoms with Crippen molar-refractivity contribution in [2.24, 2.45) is 0 Å². The zero-order chi connectivity index (χ0) is 19.3. The fourth-order valence-corrected chi connectivity index (χ4v) is 2.20. The van der Waals surface area contributed by atoms with Gasteiger partial charge in [-0.2, -0.15) is 0 Å². The van der Waals surface area contributed by atoms with Gasteiger partial charge in [0.05, 0.1) is 11.3 Å². The molecule has 0 unspecified atom stereocenters. The van der Waals surface area contributed by atoms with Crippen molar-refractivity contribution in [3.8, 4) is 0 Å². The van der Waals surface area contributed by atoms with Crippen LogP contribution in [-0.4, -0.2) is 11.2 Å². The lowest BCUT2D eigenvalue weighted by Crippen LogP contribution is -1.97. The molecule has 0 atom stereocenters. The van der Waals surface area contributed by atoms with E-state index < -0.39 is 0 Å². The van der Waals surface area contributed by atoms with Gasteiger partial charge in [-0.3, -0.25) is 14.9 Å². The Morgan fingerprint density at radius 3 is 2.19 bits per heavy atom. The summed E-state index contributed by atoms with van der Waals surface area (Å²) in [5, 5.41) is 11.0. The van der Waals surface area contributed by atoms with E-state index in [1.54, 1.807) is 6.08 Å². The van der Waals surface area contributed by atoms with Crippen LogP contribution in [0.3, 0.4) is 0 Å². The Morgan fingerprint density at radius 2 is 1.54 bits per heavy atom. The topological polar surface area (TPSA) is 60.2 Å². The molecule has 0 saturated carbocycles. The first-order valence-corrected chi connectivity index (χ1v) is 9.50. The standard InChI is InChI=1S/C22H32NO3/c1-2-3-4-16-19-22(23(25)26)20-17-14-12-10-8-6-5-7-9-11-13-15-18-21-24/h3-5,7-8,10,14,17,19H,2,6,9,11-13,15-16,18,20H2,1H3/b4-3+,7-5+,10-8+,17-14+,22-19-. The van der Waals surface area contributed by atoms with Crippen LogP contribution in [-0.2, 0) is 4.79 Å². The molecule has 0 N–H and O–H groups in total. The fraction of sp³-hybridized carbons (Fsp3) is 0.500. The molecule has 0 aromatic rings. The summed E-state index contributed by atoms with van der Waals surface area (Å²) in [5.74, 6) is 0. The van der Waals surface area contributed by atoms with Gasteiger partial charge in [-0.25, -0.2) is 0 Å². The maximum Gasteiger partial charge on any atom is 0.246 e. The minimum atomic E-state index is -0.304. The largest absolute Gasteiger partial charge is 0.291 e. The number of hydrogen-bond acceptors (Lipinski definition) is 3. The van der Waals surface area contributed by atoms with E-state index in [4.69, 9.17) is 0 Å². The summed E-state index contributed by atoms with van der Waals surface area (Å²) in [6.45, 7) is 2.04. The van der Waals surface area contributed by atoms with Gasteiger partial charge < -0.3 is 0 Å². The minimum absolute atomic E-state index is 0.250. The molecular formula is C22H32NO3. The normalized spacial score (nSPS) is 12.9. The predicted molar refractivity (Wildman–Crippen MR) is 109 cm³/mol. The molecule has 0 fully saturated rings. The Morgan fingerprint density at radius 1 is 0.885 bits per heavy atom. The zero-order valence-corrected chi connectivity index (χ0v) is 15.9. The van der Waals surface area contributed by atoms with E-state index >= 15 is 0 Å². The number of rotatable bonds is 16. The van der Waals surface area contributed by atoms with Gasteiger partial charge in [-0.1, -0.05) is 62.0 Å². The van der Waals surface area contributed by atoms with E-state index in [0.717, 1.165) is 44.9 Å². The Balaban J connectivity index is 3.86. The minimum Gasteiger partial charge on any atom is -0.291 e. The summed E-state index contributed by atoms with van der Waals surface area (Å²) in [4.78, 5) is 20.7. The van der Waals surface area contributed by atoms with Crippen LogP contribution in [0.1, 0.15) is 71.1 Å². The second kappa shape index (κ2) is 19.1. The van der Waals surface area contributed by atoms with Crippen molar-refractivity contribution in [3.05, 3.63) is 70.5 Å². The first kappa shape index (κ1) is 23.8. The van der Waals surface area contributed by atoms with Crippen molar-refractivity contribution in [1.82, 2.24) is 0 Å². The monoisotopic (exact) mass is 358 g/mol. The highest BCUT2D eigenvalue weighted by Crippen LogP contribution is 2.07. The zero-order valence-electron chi connectivity index (χ0n) is 15.9. The highest BCUT2D eigenvalue weighted by Gasteiger charge is 2.06. The summed E-state index contributed by atoms with van der Waals surface area (Å²) < 4.78 is 0. The van der Waals surface area contributed by atoms with E-state index in [9.17, 15) is 14.9 Å². The number of allylic oxidation sites excluding steroid dienone is 9. The van der Waals surface area contributed by atoms with Gasteiger partial charge in [0.1, 0.15) is 0 Å². The fourth-order valence-electron chi connectivity index (χ4n) is 2.20. The van der Waals surface area contributed by atoms with E-state index in [1.165, 1.54) is 0 Å². The van der Waals surface area contributed by atoms with Crippen molar-refractivity contribution in [2.45, 2.75) is 71.1 Å². The number of hydrogen-bond donors (Lipinski definition) is 0. The molecule has 0 aliphatic rings. The van der Waals surface area contributed by atoms with E-state index in [2.05, 4.69) is 24.3 Å². The Bertz CT molecular complexity index is 513. The molecule has 0 heterocycles. The summed E-state index contributed by atoms with van der Waals surface area (Å²) in [6, 6.07) is 0. The van der Waals surface area contributed by atoms with Crippen LogP contribution in [0.25, 0.3) is 0 Å². The molecule has 4 heteroatoms. The van der Waals surface area contributed by atoms with Crippen LogP contribution >= 0.6 is 0 Å². The lowest BCUT2D eigenvalue weighted by molar-refractivity contribution is -0.427. The third-order valence-electron chi connectivity index (χ3n) is 3.65. The molecule has 0 aliphatic heterocycles. The van der Waals surface area contributed by atoms with E-state index in [1.807, 2.05) is 37.5 Å². The van der Waals surface area contributed by atoms with Gasteiger partial charge in [-0.05, 0) is 51.0 Å². The molecule has 26 heavy (non-hydrogen) atoms. The summed E-state index contributed by atoms with van der Waals surface area (Å²) in [6.07, 6.45) is 28.2. The Kier molecular flexibility index (Phi) is 17.5. The van der Waals surface area contributed by atoms with Gasteiger partial charge >= 0.3 is 0 Å². The molecule has 0 aliphatic carbocycles. The number of nitro groups is 1. The number of unbranched alkanes of at least 4 members (excludes halogenated alkanes) is 4. The molecular weight excluding hydrogens is 326 g/mol. The third kappa shape index (κ3) is 16.6. The molecule has 0 amide bonds. The Hall–Kier alpha value is -2.23. The SMILES string of the molecule is CC/C=C/C/C=C(/C/C=C/C/C=C/C/C=C/CCCCC[C]=O)[N+](=O)[O-]. The summed E-state index contributed by atoms with van der Waals surface area (Å²) >= 11 is 0. The van der Waals surface area contributed by atoms with Crippen LogP contribution in [0.5, 0.6) is 0 Å². The van der Waals surface area contributed by atoms with Gasteiger partial charge in [-0.15, -0.1) is 0 Å². The molecule has 4 nitrogen and oxygen atoms in total. The lowest BCUT2D eigenvalue weighted by Gasteiger charge is -1.93. The van der Waals surface area contributed by atoms with E-state index in [0.29, 0.717) is 19.3 Å².